The molecule has 28 heavy (non-hydrogen) atoms. The number of aromatic nitrogens is 5. The molecule has 1 aliphatic heterocycles. The van der Waals surface area contributed by atoms with Crippen LogP contribution in [0.5, 0.6) is 0 Å². The quantitative estimate of drug-likeness (QED) is 0.616. The summed E-state index contributed by atoms with van der Waals surface area (Å²) in [7, 11) is -3.46. The lowest BCUT2D eigenvalue weighted by Gasteiger charge is -2.25. The molecule has 8 nitrogen and oxygen atoms in total. The lowest BCUT2D eigenvalue weighted by molar-refractivity contribution is 0.346. The Morgan fingerprint density at radius 1 is 1.18 bits per heavy atom. The van der Waals surface area contributed by atoms with Crippen LogP contribution in [0.2, 0.25) is 0 Å². The molecule has 1 fully saturated rings. The van der Waals surface area contributed by atoms with Gasteiger partial charge in [-0.2, -0.15) is 4.31 Å². The van der Waals surface area contributed by atoms with Crippen LogP contribution in [-0.2, 0) is 22.3 Å². The van der Waals surface area contributed by atoms with Crippen LogP contribution in [0.1, 0.15) is 37.8 Å². The standard InChI is InChI=1S/C18H24N6O2S2/c1-3-24-16-8-7-14(28(25,26)23-9-5-4-6-10-23)11-15(16)20-17(24)12-27-18-19-13(2)21-22-18/h7-8,11H,3-6,9-10,12H2,1-2H3,(H,19,21,22). The molecule has 0 spiro atoms. The summed E-state index contributed by atoms with van der Waals surface area (Å²) in [4.78, 5) is 9.35. The largest absolute Gasteiger partial charge is 0.328 e. The van der Waals surface area contributed by atoms with Crippen LogP contribution in [0, 0.1) is 6.92 Å². The fourth-order valence-electron chi connectivity index (χ4n) is 3.55. The number of piperidine rings is 1. The molecule has 0 radical (unpaired) electrons. The van der Waals surface area contributed by atoms with E-state index in [0.29, 0.717) is 34.4 Å². The van der Waals surface area contributed by atoms with Crippen molar-refractivity contribution in [2.75, 3.05) is 13.1 Å². The average molecular weight is 421 g/mol. The smallest absolute Gasteiger partial charge is 0.243 e. The monoisotopic (exact) mass is 420 g/mol. The van der Waals surface area contributed by atoms with Gasteiger partial charge in [-0.1, -0.05) is 18.2 Å². The third-order valence-electron chi connectivity index (χ3n) is 4.97. The van der Waals surface area contributed by atoms with E-state index in [1.165, 1.54) is 11.8 Å². The summed E-state index contributed by atoms with van der Waals surface area (Å²) in [6.45, 7) is 5.88. The Hall–Kier alpha value is -1.91. The van der Waals surface area contributed by atoms with Gasteiger partial charge in [-0.15, -0.1) is 5.10 Å². The topological polar surface area (TPSA) is 96.8 Å². The Kier molecular flexibility index (Phi) is 5.44. The fourth-order valence-corrected chi connectivity index (χ4v) is 5.88. The van der Waals surface area contributed by atoms with Gasteiger partial charge in [0.15, 0.2) is 0 Å². The maximum absolute atomic E-state index is 13.0. The second-order valence-corrected chi connectivity index (χ2v) is 9.76. The Labute approximate surface area is 168 Å². The summed E-state index contributed by atoms with van der Waals surface area (Å²) in [5.74, 6) is 2.28. The number of nitrogens with zero attached hydrogens (tertiary/aromatic N) is 5. The van der Waals surface area contributed by atoms with Gasteiger partial charge in [-0.3, -0.25) is 5.10 Å². The zero-order valence-corrected chi connectivity index (χ0v) is 17.7. The van der Waals surface area contributed by atoms with E-state index in [-0.39, 0.29) is 0 Å². The Balaban J connectivity index is 1.64. The number of aromatic amines is 1. The van der Waals surface area contributed by atoms with Crippen molar-refractivity contribution in [2.24, 2.45) is 0 Å². The van der Waals surface area contributed by atoms with Crippen LogP contribution >= 0.6 is 11.8 Å². The minimum atomic E-state index is -3.46. The summed E-state index contributed by atoms with van der Waals surface area (Å²) in [5, 5.41) is 7.66. The highest BCUT2D eigenvalue weighted by Gasteiger charge is 2.26. The van der Waals surface area contributed by atoms with Gasteiger partial charge in [0, 0.05) is 19.6 Å². The molecule has 3 heterocycles. The van der Waals surface area contributed by atoms with Gasteiger partial charge in [-0.25, -0.2) is 18.4 Å². The molecule has 0 unspecified atom stereocenters. The van der Waals surface area contributed by atoms with Crippen molar-refractivity contribution in [3.05, 3.63) is 29.8 Å². The summed E-state index contributed by atoms with van der Waals surface area (Å²) < 4.78 is 29.6. The summed E-state index contributed by atoms with van der Waals surface area (Å²) in [5.41, 5.74) is 1.66. The highest BCUT2D eigenvalue weighted by molar-refractivity contribution is 7.98. The molecule has 150 valence electrons. The first-order chi connectivity index (χ1) is 13.5. The van der Waals surface area contributed by atoms with Crippen molar-refractivity contribution < 1.29 is 8.42 Å². The molecule has 10 heteroatoms. The number of H-pyrrole nitrogens is 1. The van der Waals surface area contributed by atoms with Gasteiger partial charge < -0.3 is 4.57 Å². The summed E-state index contributed by atoms with van der Waals surface area (Å²) in [6, 6.07) is 5.28. The molecular weight excluding hydrogens is 396 g/mol. The maximum atomic E-state index is 13.0. The van der Waals surface area contributed by atoms with Crippen molar-refractivity contribution in [3.8, 4) is 0 Å². The van der Waals surface area contributed by atoms with E-state index in [1.807, 2.05) is 13.0 Å². The minimum absolute atomic E-state index is 0.325. The first kappa shape index (κ1) is 19.4. The number of benzene rings is 1. The van der Waals surface area contributed by atoms with Crippen molar-refractivity contribution in [2.45, 2.75) is 55.5 Å². The maximum Gasteiger partial charge on any atom is 0.243 e. The lowest BCUT2D eigenvalue weighted by Crippen LogP contribution is -2.35. The molecule has 1 saturated heterocycles. The number of hydrogen-bond acceptors (Lipinski definition) is 6. The first-order valence-electron chi connectivity index (χ1n) is 9.50. The molecule has 0 atom stereocenters. The van der Waals surface area contributed by atoms with E-state index in [2.05, 4.69) is 26.7 Å². The fraction of sp³-hybridized carbons (Fsp3) is 0.500. The predicted molar refractivity (Wildman–Crippen MR) is 109 cm³/mol. The lowest BCUT2D eigenvalue weighted by atomic mass is 10.2. The molecule has 0 aliphatic carbocycles. The van der Waals surface area contributed by atoms with E-state index in [9.17, 15) is 8.42 Å². The number of aryl methyl sites for hydroxylation is 2. The van der Waals surface area contributed by atoms with Crippen LogP contribution in [0.25, 0.3) is 11.0 Å². The number of fused-ring (bicyclic) bond motifs is 1. The first-order valence-corrected chi connectivity index (χ1v) is 11.9. The number of imidazole rings is 1. The van der Waals surface area contributed by atoms with Crippen molar-refractivity contribution in [1.29, 1.82) is 0 Å². The summed E-state index contributed by atoms with van der Waals surface area (Å²) in [6.07, 6.45) is 2.94. The molecule has 1 aromatic carbocycles. The number of thioether (sulfide) groups is 1. The third-order valence-corrected chi connectivity index (χ3v) is 7.71. The van der Waals surface area contributed by atoms with Gasteiger partial charge in [0.25, 0.3) is 0 Å². The average Bonchev–Trinajstić information content (AvgIpc) is 3.28. The van der Waals surface area contributed by atoms with E-state index >= 15 is 0 Å². The summed E-state index contributed by atoms with van der Waals surface area (Å²) >= 11 is 1.51. The molecular formula is C18H24N6O2S2. The van der Waals surface area contributed by atoms with Crippen LogP contribution in [0.15, 0.2) is 28.3 Å². The zero-order valence-electron chi connectivity index (χ0n) is 16.1. The Morgan fingerprint density at radius 3 is 2.64 bits per heavy atom. The van der Waals surface area contributed by atoms with Gasteiger partial charge in [-0.05, 0) is 44.9 Å². The van der Waals surface area contributed by atoms with Gasteiger partial charge in [0.2, 0.25) is 15.2 Å². The SMILES string of the molecule is CCn1c(CSc2n[nH]c(C)n2)nc2cc(S(=O)(=O)N3CCCCC3)ccc21. The van der Waals surface area contributed by atoms with Crippen LogP contribution < -0.4 is 0 Å². The predicted octanol–water partition coefficient (Wildman–Crippen LogP) is 2.95. The second-order valence-electron chi connectivity index (χ2n) is 6.88. The molecule has 4 rings (SSSR count). The van der Waals surface area contributed by atoms with Gasteiger partial charge in [0.1, 0.15) is 11.6 Å². The van der Waals surface area contributed by atoms with Gasteiger partial charge >= 0.3 is 0 Å². The van der Waals surface area contributed by atoms with Crippen LogP contribution in [-0.4, -0.2) is 50.5 Å². The number of hydrogen-bond donors (Lipinski definition) is 1. The molecule has 2 aromatic heterocycles. The molecule has 0 bridgehead atoms. The Morgan fingerprint density at radius 2 is 1.96 bits per heavy atom. The molecule has 1 N–H and O–H groups in total. The normalized spacial score (nSPS) is 16.1. The van der Waals surface area contributed by atoms with Crippen LogP contribution in [0.4, 0.5) is 0 Å². The van der Waals surface area contributed by atoms with E-state index < -0.39 is 10.0 Å². The number of rotatable bonds is 6. The minimum Gasteiger partial charge on any atom is -0.328 e. The molecule has 0 saturated carbocycles. The van der Waals surface area contributed by atoms with Crippen molar-refractivity contribution in [3.63, 3.8) is 0 Å². The van der Waals surface area contributed by atoms with Crippen molar-refractivity contribution >= 4 is 32.8 Å². The second kappa shape index (κ2) is 7.84. The zero-order chi connectivity index (χ0) is 19.7. The van der Waals surface area contributed by atoms with E-state index in [0.717, 1.165) is 43.0 Å². The Bertz CT molecular complexity index is 1080. The highest BCUT2D eigenvalue weighted by atomic mass is 32.2. The highest BCUT2D eigenvalue weighted by Crippen LogP contribution is 2.27. The van der Waals surface area contributed by atoms with Crippen molar-refractivity contribution in [1.82, 2.24) is 29.0 Å². The number of sulfonamides is 1. The van der Waals surface area contributed by atoms with E-state index in [4.69, 9.17) is 4.98 Å². The van der Waals surface area contributed by atoms with Gasteiger partial charge in [0.05, 0.1) is 21.7 Å². The number of nitrogens with one attached hydrogen (secondary N) is 1. The third kappa shape index (κ3) is 3.68. The molecule has 3 aromatic rings. The molecule has 1 aliphatic rings. The molecule has 0 amide bonds. The van der Waals surface area contributed by atoms with Crippen LogP contribution in [0.3, 0.4) is 0 Å². The van der Waals surface area contributed by atoms with E-state index in [1.54, 1.807) is 16.4 Å².